The van der Waals surface area contributed by atoms with Gasteiger partial charge in [-0.2, -0.15) is 4.98 Å². The fourth-order valence-corrected chi connectivity index (χ4v) is 3.46. The molecule has 2 heterocycles. The van der Waals surface area contributed by atoms with Crippen molar-refractivity contribution in [1.82, 2.24) is 9.97 Å². The fraction of sp³-hybridized carbons (Fsp3) is 0.571. The normalized spacial score (nSPS) is 17.1. The van der Waals surface area contributed by atoms with Crippen molar-refractivity contribution in [3.05, 3.63) is 10.9 Å². The molecule has 0 spiro atoms. The van der Waals surface area contributed by atoms with Gasteiger partial charge in [0, 0.05) is 11.4 Å². The summed E-state index contributed by atoms with van der Waals surface area (Å²) in [7, 11) is 0. The number of nitrogens with zero attached hydrogens (tertiary/aromatic N) is 2. The smallest absolute Gasteiger partial charge is 0.223 e. The molecule has 1 aliphatic carbocycles. The van der Waals surface area contributed by atoms with E-state index in [1.54, 1.807) is 11.3 Å². The summed E-state index contributed by atoms with van der Waals surface area (Å²) < 4.78 is 0. The Bertz CT molecular complexity index is 613. The molecule has 1 aliphatic rings. The molecule has 3 N–H and O–H groups in total. The molecule has 1 fully saturated rings. The molecule has 1 saturated carbocycles. The maximum absolute atomic E-state index is 5.79. The molecule has 102 valence electrons. The van der Waals surface area contributed by atoms with Gasteiger partial charge >= 0.3 is 0 Å². The van der Waals surface area contributed by atoms with Crippen LogP contribution in [-0.2, 0) is 0 Å². The van der Waals surface area contributed by atoms with E-state index in [0.29, 0.717) is 17.3 Å². The zero-order chi connectivity index (χ0) is 13.6. The second-order valence-electron chi connectivity index (χ2n) is 5.88. The van der Waals surface area contributed by atoms with E-state index in [1.807, 2.05) is 0 Å². The number of aromatic nitrogens is 2. The molecule has 0 aliphatic heterocycles. The number of nitrogen functional groups attached to an aromatic ring is 1. The summed E-state index contributed by atoms with van der Waals surface area (Å²) in [5.41, 5.74) is 6.25. The molecule has 0 aromatic carbocycles. The van der Waals surface area contributed by atoms with Gasteiger partial charge < -0.3 is 11.1 Å². The first kappa shape index (κ1) is 12.7. The highest BCUT2D eigenvalue weighted by molar-refractivity contribution is 7.18. The van der Waals surface area contributed by atoms with Crippen LogP contribution in [0.1, 0.15) is 31.6 Å². The number of nitrogens with one attached hydrogen (secondary N) is 1. The Balaban J connectivity index is 1.88. The summed E-state index contributed by atoms with van der Waals surface area (Å²) >= 11 is 1.66. The zero-order valence-electron chi connectivity index (χ0n) is 11.7. The molecule has 5 heteroatoms. The maximum atomic E-state index is 5.79. The van der Waals surface area contributed by atoms with Crippen LogP contribution < -0.4 is 11.1 Å². The van der Waals surface area contributed by atoms with E-state index < -0.39 is 0 Å². The summed E-state index contributed by atoms with van der Waals surface area (Å²) in [6, 6.07) is 2.14. The average molecular weight is 276 g/mol. The molecule has 0 bridgehead atoms. The summed E-state index contributed by atoms with van der Waals surface area (Å²) in [5.74, 6) is 1.95. The van der Waals surface area contributed by atoms with Crippen LogP contribution in [0.5, 0.6) is 0 Å². The van der Waals surface area contributed by atoms with E-state index in [2.05, 4.69) is 42.1 Å². The summed E-state index contributed by atoms with van der Waals surface area (Å²) in [6.45, 7) is 7.66. The molecule has 19 heavy (non-hydrogen) atoms. The number of anilines is 2. The van der Waals surface area contributed by atoms with Crippen LogP contribution in [0, 0.1) is 18.3 Å². The second-order valence-corrected chi connectivity index (χ2v) is 7.11. The number of fused-ring (bicyclic) bond motifs is 1. The largest absolute Gasteiger partial charge is 0.369 e. The van der Waals surface area contributed by atoms with Gasteiger partial charge in [-0.1, -0.05) is 13.8 Å². The van der Waals surface area contributed by atoms with E-state index in [9.17, 15) is 0 Å². The van der Waals surface area contributed by atoms with Gasteiger partial charge in [0.15, 0.2) is 0 Å². The fourth-order valence-electron chi connectivity index (χ4n) is 2.57. The van der Waals surface area contributed by atoms with Gasteiger partial charge in [0.2, 0.25) is 5.95 Å². The number of thiophene rings is 1. The number of rotatable bonds is 4. The minimum absolute atomic E-state index is 0.353. The molecule has 4 nitrogen and oxygen atoms in total. The monoisotopic (exact) mass is 276 g/mol. The number of hydrogen-bond donors (Lipinski definition) is 2. The van der Waals surface area contributed by atoms with Crippen molar-refractivity contribution in [2.24, 2.45) is 11.3 Å². The van der Waals surface area contributed by atoms with E-state index in [4.69, 9.17) is 5.73 Å². The Labute approximate surface area is 117 Å². The van der Waals surface area contributed by atoms with Gasteiger partial charge in [-0.05, 0) is 37.2 Å². The molecular weight excluding hydrogens is 256 g/mol. The minimum atomic E-state index is 0.353. The van der Waals surface area contributed by atoms with Crippen molar-refractivity contribution in [3.8, 4) is 0 Å². The van der Waals surface area contributed by atoms with Crippen LogP contribution in [0.25, 0.3) is 10.2 Å². The van der Waals surface area contributed by atoms with Gasteiger partial charge in [-0.25, -0.2) is 4.98 Å². The first-order chi connectivity index (χ1) is 9.00. The molecule has 0 saturated heterocycles. The SMILES string of the molecule is Cc1cc2c(NCC3(C(C)C)CC3)nc(N)nc2s1. The first-order valence-corrected chi connectivity index (χ1v) is 7.59. The Hall–Kier alpha value is -1.36. The first-order valence-electron chi connectivity index (χ1n) is 6.78. The van der Waals surface area contributed by atoms with Gasteiger partial charge in [-0.15, -0.1) is 11.3 Å². The molecule has 0 unspecified atom stereocenters. The summed E-state index contributed by atoms with van der Waals surface area (Å²) in [4.78, 5) is 10.9. The Morgan fingerprint density at radius 2 is 2.16 bits per heavy atom. The van der Waals surface area contributed by atoms with Crippen molar-refractivity contribution < 1.29 is 0 Å². The van der Waals surface area contributed by atoms with Crippen molar-refractivity contribution in [1.29, 1.82) is 0 Å². The lowest BCUT2D eigenvalue weighted by Gasteiger charge is -2.20. The Morgan fingerprint density at radius 1 is 1.42 bits per heavy atom. The molecule has 0 atom stereocenters. The second kappa shape index (κ2) is 4.34. The van der Waals surface area contributed by atoms with E-state index in [-0.39, 0.29) is 0 Å². The molecule has 3 rings (SSSR count). The quantitative estimate of drug-likeness (QED) is 0.898. The highest BCUT2D eigenvalue weighted by atomic mass is 32.1. The molecular formula is C14H20N4S. The van der Waals surface area contributed by atoms with Crippen LogP contribution >= 0.6 is 11.3 Å². The molecule has 2 aromatic heterocycles. The number of aryl methyl sites for hydroxylation is 1. The van der Waals surface area contributed by atoms with Crippen molar-refractivity contribution in [2.75, 3.05) is 17.6 Å². The highest BCUT2D eigenvalue weighted by Gasteiger charge is 2.45. The lowest BCUT2D eigenvalue weighted by molar-refractivity contribution is 0.380. The average Bonchev–Trinajstić information content (AvgIpc) is 3.03. The van der Waals surface area contributed by atoms with Gasteiger partial charge in [0.1, 0.15) is 10.6 Å². The predicted molar refractivity (Wildman–Crippen MR) is 81.6 cm³/mol. The minimum Gasteiger partial charge on any atom is -0.369 e. The van der Waals surface area contributed by atoms with E-state index in [0.717, 1.165) is 22.6 Å². The third-order valence-electron chi connectivity index (χ3n) is 4.26. The Morgan fingerprint density at radius 3 is 2.79 bits per heavy atom. The maximum Gasteiger partial charge on any atom is 0.223 e. The third kappa shape index (κ3) is 2.27. The lowest BCUT2D eigenvalue weighted by Crippen LogP contribution is -2.21. The number of hydrogen-bond acceptors (Lipinski definition) is 5. The Kier molecular flexibility index (Phi) is 2.89. The van der Waals surface area contributed by atoms with Gasteiger partial charge in [-0.3, -0.25) is 0 Å². The summed E-state index contributed by atoms with van der Waals surface area (Å²) in [6.07, 6.45) is 2.62. The highest BCUT2D eigenvalue weighted by Crippen LogP contribution is 2.51. The zero-order valence-corrected chi connectivity index (χ0v) is 12.5. The standard InChI is InChI=1S/C14H20N4S/c1-8(2)14(4-5-14)7-16-11-10-6-9(3)19-12(10)18-13(15)17-11/h6,8H,4-5,7H2,1-3H3,(H3,15,16,17,18). The molecule has 0 radical (unpaired) electrons. The lowest BCUT2D eigenvalue weighted by atomic mass is 9.92. The topological polar surface area (TPSA) is 63.8 Å². The van der Waals surface area contributed by atoms with Crippen LogP contribution in [-0.4, -0.2) is 16.5 Å². The number of nitrogens with two attached hydrogens (primary N) is 1. The van der Waals surface area contributed by atoms with E-state index in [1.165, 1.54) is 17.7 Å². The third-order valence-corrected chi connectivity index (χ3v) is 5.20. The molecule has 2 aromatic rings. The van der Waals surface area contributed by atoms with Crippen LogP contribution in [0.3, 0.4) is 0 Å². The predicted octanol–water partition coefficient (Wildman–Crippen LogP) is 3.43. The van der Waals surface area contributed by atoms with Gasteiger partial charge in [0.05, 0.1) is 5.39 Å². The van der Waals surface area contributed by atoms with Crippen molar-refractivity contribution >= 4 is 33.3 Å². The van der Waals surface area contributed by atoms with Crippen LogP contribution in [0.15, 0.2) is 6.07 Å². The summed E-state index contributed by atoms with van der Waals surface area (Å²) in [5, 5.41) is 4.60. The van der Waals surface area contributed by atoms with Crippen molar-refractivity contribution in [3.63, 3.8) is 0 Å². The van der Waals surface area contributed by atoms with Gasteiger partial charge in [0.25, 0.3) is 0 Å². The van der Waals surface area contributed by atoms with Crippen LogP contribution in [0.4, 0.5) is 11.8 Å². The van der Waals surface area contributed by atoms with Crippen molar-refractivity contribution in [2.45, 2.75) is 33.6 Å². The molecule has 0 amide bonds. The van der Waals surface area contributed by atoms with E-state index >= 15 is 0 Å². The van der Waals surface area contributed by atoms with Crippen LogP contribution in [0.2, 0.25) is 0 Å².